The summed E-state index contributed by atoms with van der Waals surface area (Å²) in [5.41, 5.74) is 14.2. The quantitative estimate of drug-likeness (QED) is 0.922. The van der Waals surface area contributed by atoms with Gasteiger partial charge in [0, 0.05) is 6.04 Å². The first-order valence-electron chi connectivity index (χ1n) is 7.15. The fourth-order valence-electron chi connectivity index (χ4n) is 2.93. The van der Waals surface area contributed by atoms with Crippen molar-refractivity contribution in [2.75, 3.05) is 0 Å². The van der Waals surface area contributed by atoms with E-state index in [9.17, 15) is 0 Å². The molecular weight excluding hydrogens is 246 g/mol. The molecule has 20 heavy (non-hydrogen) atoms. The van der Waals surface area contributed by atoms with E-state index in [4.69, 9.17) is 10.5 Å². The van der Waals surface area contributed by atoms with Crippen LogP contribution in [0.15, 0.2) is 36.4 Å². The molecule has 3 rings (SSSR count). The van der Waals surface area contributed by atoms with E-state index in [1.807, 2.05) is 0 Å². The highest BCUT2D eigenvalue weighted by Gasteiger charge is 2.15. The summed E-state index contributed by atoms with van der Waals surface area (Å²) in [6.45, 7) is 5.78. The van der Waals surface area contributed by atoms with Gasteiger partial charge in [0.25, 0.3) is 0 Å². The fourth-order valence-corrected chi connectivity index (χ4v) is 2.93. The molecule has 0 saturated carbocycles. The Morgan fingerprint density at radius 1 is 1.05 bits per heavy atom. The molecule has 1 atom stereocenters. The van der Waals surface area contributed by atoms with Crippen LogP contribution in [0.1, 0.15) is 39.4 Å². The molecule has 0 saturated heterocycles. The van der Waals surface area contributed by atoms with Crippen molar-refractivity contribution in [2.45, 2.75) is 39.5 Å². The third-order valence-corrected chi connectivity index (χ3v) is 4.24. The average Bonchev–Trinajstić information content (AvgIpc) is 2.90. The molecule has 0 aliphatic carbocycles. The van der Waals surface area contributed by atoms with Crippen LogP contribution in [0, 0.1) is 13.8 Å². The minimum atomic E-state index is 0.0423. The Morgan fingerprint density at radius 2 is 1.75 bits per heavy atom. The maximum Gasteiger partial charge on any atom is 0.0725 e. The number of fused-ring (bicyclic) bond motifs is 1. The third-order valence-electron chi connectivity index (χ3n) is 4.24. The number of aryl methyl sites for hydroxylation is 2. The Kier molecular flexibility index (Phi) is 3.60. The molecule has 2 aromatic carbocycles. The van der Waals surface area contributed by atoms with Gasteiger partial charge in [-0.05, 0) is 53.6 Å². The average molecular weight is 267 g/mol. The maximum atomic E-state index is 6.42. The van der Waals surface area contributed by atoms with Crippen LogP contribution in [0.4, 0.5) is 0 Å². The molecule has 0 bridgehead atoms. The largest absolute Gasteiger partial charge is 0.372 e. The Labute approximate surface area is 120 Å². The van der Waals surface area contributed by atoms with Gasteiger partial charge in [-0.15, -0.1) is 0 Å². The zero-order chi connectivity index (χ0) is 14.1. The van der Waals surface area contributed by atoms with Crippen LogP contribution < -0.4 is 5.73 Å². The lowest BCUT2D eigenvalue weighted by Gasteiger charge is -2.16. The lowest BCUT2D eigenvalue weighted by molar-refractivity contribution is 0.134. The molecule has 2 heteroatoms. The van der Waals surface area contributed by atoms with Gasteiger partial charge in [0.05, 0.1) is 13.2 Å². The molecule has 0 radical (unpaired) electrons. The molecule has 2 nitrogen and oxygen atoms in total. The topological polar surface area (TPSA) is 35.2 Å². The fraction of sp³-hybridized carbons (Fsp3) is 0.333. The number of nitrogens with two attached hydrogens (primary N) is 1. The van der Waals surface area contributed by atoms with E-state index >= 15 is 0 Å². The molecule has 1 aliphatic rings. The second-order valence-corrected chi connectivity index (χ2v) is 5.70. The number of benzene rings is 2. The molecule has 1 aliphatic heterocycles. The molecular formula is C18H21NO. The van der Waals surface area contributed by atoms with Crippen molar-refractivity contribution in [1.29, 1.82) is 0 Å². The second-order valence-electron chi connectivity index (χ2n) is 5.70. The molecule has 0 amide bonds. The van der Waals surface area contributed by atoms with E-state index in [1.165, 1.54) is 33.4 Å². The monoisotopic (exact) mass is 267 g/mol. The first kappa shape index (κ1) is 13.3. The zero-order valence-electron chi connectivity index (χ0n) is 12.1. The van der Waals surface area contributed by atoms with Gasteiger partial charge in [-0.1, -0.05) is 36.4 Å². The summed E-state index contributed by atoms with van der Waals surface area (Å²) >= 11 is 0. The number of rotatable bonds is 3. The standard InChI is InChI=1S/C18H21NO/c1-12-4-3-5-13(2)17(12)9-18(19)14-6-7-15-10-20-11-16(15)8-14/h3-8,18H,9-11,19H2,1-2H3. The van der Waals surface area contributed by atoms with E-state index in [1.54, 1.807) is 0 Å². The van der Waals surface area contributed by atoms with Crippen molar-refractivity contribution >= 4 is 0 Å². The minimum Gasteiger partial charge on any atom is -0.372 e. The van der Waals surface area contributed by atoms with Gasteiger partial charge < -0.3 is 10.5 Å². The molecule has 104 valence electrons. The summed E-state index contributed by atoms with van der Waals surface area (Å²) in [6.07, 6.45) is 0.887. The lowest BCUT2D eigenvalue weighted by atomic mass is 9.92. The number of ether oxygens (including phenoxy) is 1. The Bertz CT molecular complexity index is 613. The predicted molar refractivity (Wildman–Crippen MR) is 81.5 cm³/mol. The Balaban J connectivity index is 1.84. The maximum absolute atomic E-state index is 6.42. The highest BCUT2D eigenvalue weighted by Crippen LogP contribution is 2.26. The van der Waals surface area contributed by atoms with Crippen LogP contribution in [-0.2, 0) is 24.4 Å². The summed E-state index contributed by atoms with van der Waals surface area (Å²) in [6, 6.07) is 13.0. The highest BCUT2D eigenvalue weighted by molar-refractivity contribution is 5.38. The molecule has 2 N–H and O–H groups in total. The van der Waals surface area contributed by atoms with E-state index < -0.39 is 0 Å². The van der Waals surface area contributed by atoms with Crippen LogP contribution in [0.5, 0.6) is 0 Å². The first-order valence-corrected chi connectivity index (χ1v) is 7.15. The zero-order valence-corrected chi connectivity index (χ0v) is 12.1. The van der Waals surface area contributed by atoms with Gasteiger partial charge in [0.15, 0.2) is 0 Å². The second kappa shape index (κ2) is 5.39. The minimum absolute atomic E-state index is 0.0423. The van der Waals surface area contributed by atoms with Crippen molar-refractivity contribution in [3.05, 3.63) is 69.8 Å². The van der Waals surface area contributed by atoms with Gasteiger partial charge in [-0.2, -0.15) is 0 Å². The van der Waals surface area contributed by atoms with E-state index in [2.05, 4.69) is 50.2 Å². The van der Waals surface area contributed by atoms with Crippen molar-refractivity contribution in [2.24, 2.45) is 5.73 Å². The summed E-state index contributed by atoms with van der Waals surface area (Å²) in [4.78, 5) is 0. The molecule has 0 fully saturated rings. The van der Waals surface area contributed by atoms with Crippen LogP contribution >= 0.6 is 0 Å². The lowest BCUT2D eigenvalue weighted by Crippen LogP contribution is -2.15. The summed E-state index contributed by atoms with van der Waals surface area (Å²) in [5, 5.41) is 0. The Hall–Kier alpha value is -1.64. The smallest absolute Gasteiger partial charge is 0.0725 e. The molecule has 1 heterocycles. The predicted octanol–water partition coefficient (Wildman–Crippen LogP) is 3.58. The molecule has 0 aromatic heterocycles. The number of hydrogen-bond donors (Lipinski definition) is 1. The van der Waals surface area contributed by atoms with Gasteiger partial charge in [-0.3, -0.25) is 0 Å². The summed E-state index contributed by atoms with van der Waals surface area (Å²) in [5.74, 6) is 0. The van der Waals surface area contributed by atoms with E-state index in [-0.39, 0.29) is 6.04 Å². The van der Waals surface area contributed by atoms with E-state index in [0.717, 1.165) is 19.6 Å². The normalized spacial score (nSPS) is 15.2. The van der Waals surface area contributed by atoms with Crippen LogP contribution in [0.3, 0.4) is 0 Å². The SMILES string of the molecule is Cc1cccc(C)c1CC(N)c1ccc2c(c1)COC2. The van der Waals surface area contributed by atoms with Crippen LogP contribution in [0.25, 0.3) is 0 Å². The van der Waals surface area contributed by atoms with Crippen molar-refractivity contribution in [3.8, 4) is 0 Å². The van der Waals surface area contributed by atoms with Gasteiger partial charge in [0.2, 0.25) is 0 Å². The third kappa shape index (κ3) is 2.49. The van der Waals surface area contributed by atoms with E-state index in [0.29, 0.717) is 0 Å². The van der Waals surface area contributed by atoms with Crippen LogP contribution in [-0.4, -0.2) is 0 Å². The number of hydrogen-bond acceptors (Lipinski definition) is 2. The summed E-state index contributed by atoms with van der Waals surface area (Å²) < 4.78 is 5.47. The molecule has 1 unspecified atom stereocenters. The van der Waals surface area contributed by atoms with Gasteiger partial charge in [-0.25, -0.2) is 0 Å². The Morgan fingerprint density at radius 3 is 2.50 bits per heavy atom. The molecule has 2 aromatic rings. The van der Waals surface area contributed by atoms with Gasteiger partial charge in [0.1, 0.15) is 0 Å². The van der Waals surface area contributed by atoms with Gasteiger partial charge >= 0.3 is 0 Å². The summed E-state index contributed by atoms with van der Waals surface area (Å²) in [7, 11) is 0. The first-order chi connectivity index (χ1) is 9.65. The van der Waals surface area contributed by atoms with Crippen molar-refractivity contribution in [3.63, 3.8) is 0 Å². The van der Waals surface area contributed by atoms with Crippen LogP contribution in [0.2, 0.25) is 0 Å². The highest BCUT2D eigenvalue weighted by atomic mass is 16.5. The molecule has 0 spiro atoms. The van der Waals surface area contributed by atoms with Crippen molar-refractivity contribution < 1.29 is 4.74 Å². The van der Waals surface area contributed by atoms with Crippen molar-refractivity contribution in [1.82, 2.24) is 0 Å².